The number of pyridine rings is 1. The van der Waals surface area contributed by atoms with Gasteiger partial charge in [0, 0.05) is 33.1 Å². The van der Waals surface area contributed by atoms with Gasteiger partial charge < -0.3 is 14.6 Å². The summed E-state index contributed by atoms with van der Waals surface area (Å²) in [4.78, 5) is 14.1. The highest BCUT2D eigenvalue weighted by Crippen LogP contribution is 2.40. The maximum absolute atomic E-state index is 14.3. The molecule has 1 aromatic carbocycles. The van der Waals surface area contributed by atoms with E-state index < -0.39 is 36.2 Å². The fourth-order valence-corrected chi connectivity index (χ4v) is 3.80. The molecule has 3 aromatic rings. The van der Waals surface area contributed by atoms with Crippen molar-refractivity contribution in [3.05, 3.63) is 58.2 Å². The number of non-ortho nitro benzene ring substituents is 1. The van der Waals surface area contributed by atoms with Crippen LogP contribution in [0.5, 0.6) is 0 Å². The number of nitrogens with one attached hydrogen (secondary N) is 1. The molecule has 0 fully saturated rings. The molecule has 32 heavy (non-hydrogen) atoms. The number of halogens is 4. The predicted octanol–water partition coefficient (Wildman–Crippen LogP) is 6.16. The Bertz CT molecular complexity index is 1140. The maximum atomic E-state index is 14.3. The quantitative estimate of drug-likeness (QED) is 0.140. The van der Waals surface area contributed by atoms with Gasteiger partial charge in [-0.3, -0.25) is 10.1 Å². The van der Waals surface area contributed by atoms with Gasteiger partial charge in [0.1, 0.15) is 12.4 Å². The fourth-order valence-electron chi connectivity index (χ4n) is 3.04. The molecule has 3 rings (SSSR count). The first kappa shape index (κ1) is 23.7. The van der Waals surface area contributed by atoms with Crippen molar-refractivity contribution in [2.24, 2.45) is 0 Å². The van der Waals surface area contributed by atoms with Crippen molar-refractivity contribution in [1.82, 2.24) is 9.55 Å². The summed E-state index contributed by atoms with van der Waals surface area (Å²) < 4.78 is 62.5. The lowest BCUT2D eigenvalue weighted by molar-refractivity contribution is -0.385. The largest absolute Gasteiger partial charge is 0.418 e. The zero-order chi connectivity index (χ0) is 23.7. The van der Waals surface area contributed by atoms with Gasteiger partial charge >= 0.3 is 6.18 Å². The number of fused-ring (bicyclic) bond motifs is 1. The van der Waals surface area contributed by atoms with Crippen molar-refractivity contribution in [3.63, 3.8) is 0 Å². The average molecular weight is 470 g/mol. The molecule has 2 heterocycles. The third kappa shape index (κ3) is 5.43. The highest BCUT2D eigenvalue weighted by Gasteiger charge is 2.36. The molecular weight excluding hydrogens is 448 g/mol. The van der Waals surface area contributed by atoms with Gasteiger partial charge in [0.05, 0.1) is 33.3 Å². The van der Waals surface area contributed by atoms with Crippen LogP contribution in [-0.4, -0.2) is 29.2 Å². The number of aromatic nitrogens is 2. The summed E-state index contributed by atoms with van der Waals surface area (Å²) in [6.45, 7) is 6.81. The number of alkyl halides is 3. The topological polar surface area (TPSA) is 82.2 Å². The molecule has 12 heteroatoms. The molecule has 1 N–H and O–H groups in total. The molecule has 0 bridgehead atoms. The van der Waals surface area contributed by atoms with E-state index in [1.54, 1.807) is 0 Å². The Morgan fingerprint density at radius 3 is 2.53 bits per heavy atom. The van der Waals surface area contributed by atoms with Crippen LogP contribution in [0.1, 0.15) is 5.56 Å². The number of nitrogens with zero attached hydrogens (tertiary/aromatic N) is 3. The van der Waals surface area contributed by atoms with E-state index in [0.717, 1.165) is 24.4 Å². The Balaban J connectivity index is 1.97. The zero-order valence-corrected chi connectivity index (χ0v) is 18.7. The molecule has 0 aliphatic rings. The van der Waals surface area contributed by atoms with Crippen LogP contribution in [0, 0.1) is 15.9 Å². The highest BCUT2D eigenvalue weighted by atomic mass is 28.3. The number of anilines is 2. The highest BCUT2D eigenvalue weighted by molar-refractivity contribution is 6.76. The molecule has 0 unspecified atom stereocenters. The molecule has 0 saturated carbocycles. The van der Waals surface area contributed by atoms with Crippen LogP contribution in [0.15, 0.2) is 36.7 Å². The van der Waals surface area contributed by atoms with Crippen molar-refractivity contribution in [3.8, 4) is 0 Å². The first-order valence-electron chi connectivity index (χ1n) is 9.70. The van der Waals surface area contributed by atoms with Crippen LogP contribution in [0.4, 0.5) is 34.6 Å². The average Bonchev–Trinajstić information content (AvgIpc) is 3.06. The van der Waals surface area contributed by atoms with Gasteiger partial charge in [-0.05, 0) is 18.2 Å². The SMILES string of the molecule is C[Si](C)(C)CCOCn1cc(C(F)(F)F)c2c(Nc3ccc([N+](=O)[O-])cc3F)ccnc21. The minimum Gasteiger partial charge on any atom is -0.361 e. The van der Waals surface area contributed by atoms with Gasteiger partial charge in [0.15, 0.2) is 5.82 Å². The number of nitro benzene ring substituents is 1. The van der Waals surface area contributed by atoms with Crippen molar-refractivity contribution in [2.45, 2.75) is 38.6 Å². The smallest absolute Gasteiger partial charge is 0.361 e. The summed E-state index contributed by atoms with van der Waals surface area (Å²) in [6, 6.07) is 5.01. The van der Waals surface area contributed by atoms with E-state index in [-0.39, 0.29) is 29.1 Å². The van der Waals surface area contributed by atoms with Gasteiger partial charge in [0.2, 0.25) is 0 Å². The number of hydrogen-bond donors (Lipinski definition) is 1. The summed E-state index contributed by atoms with van der Waals surface area (Å²) >= 11 is 0. The standard InChI is InChI=1S/C20H22F4N4O3Si/c1-32(2,3)9-8-31-12-27-11-14(20(22,23)24)18-17(6-7-25-19(18)27)26-16-5-4-13(28(29)30)10-15(16)21/h4-7,10-11H,8-9,12H2,1-3H3,(H,25,26). The van der Waals surface area contributed by atoms with Gasteiger partial charge in [-0.25, -0.2) is 9.37 Å². The summed E-state index contributed by atoms with van der Waals surface area (Å²) in [6.07, 6.45) is -2.47. The number of hydrogen-bond acceptors (Lipinski definition) is 5. The Morgan fingerprint density at radius 1 is 1.22 bits per heavy atom. The maximum Gasteiger partial charge on any atom is 0.418 e. The molecule has 0 atom stereocenters. The third-order valence-corrected chi connectivity index (χ3v) is 6.43. The summed E-state index contributed by atoms with van der Waals surface area (Å²) in [7, 11) is -1.36. The van der Waals surface area contributed by atoms with Crippen molar-refractivity contribution in [2.75, 3.05) is 11.9 Å². The molecule has 0 radical (unpaired) electrons. The van der Waals surface area contributed by atoms with E-state index in [1.165, 1.54) is 16.8 Å². The molecule has 0 saturated heterocycles. The van der Waals surface area contributed by atoms with E-state index >= 15 is 0 Å². The molecular formula is C20H22F4N4O3Si. The van der Waals surface area contributed by atoms with Crippen LogP contribution in [0.25, 0.3) is 11.0 Å². The van der Waals surface area contributed by atoms with E-state index in [2.05, 4.69) is 29.9 Å². The van der Waals surface area contributed by atoms with Crippen molar-refractivity contribution < 1.29 is 27.2 Å². The van der Waals surface area contributed by atoms with Crippen LogP contribution >= 0.6 is 0 Å². The van der Waals surface area contributed by atoms with E-state index in [1.807, 2.05) is 0 Å². The minimum atomic E-state index is -4.69. The lowest BCUT2D eigenvalue weighted by Crippen LogP contribution is -2.22. The van der Waals surface area contributed by atoms with Crippen LogP contribution < -0.4 is 5.32 Å². The molecule has 172 valence electrons. The Hall–Kier alpha value is -2.99. The van der Waals surface area contributed by atoms with Crippen LogP contribution in [-0.2, 0) is 17.6 Å². The molecule has 2 aromatic heterocycles. The van der Waals surface area contributed by atoms with Crippen LogP contribution in [0.3, 0.4) is 0 Å². The van der Waals surface area contributed by atoms with Gasteiger partial charge in [-0.15, -0.1) is 0 Å². The third-order valence-electron chi connectivity index (χ3n) is 4.72. The van der Waals surface area contributed by atoms with E-state index in [9.17, 15) is 27.7 Å². The number of benzene rings is 1. The summed E-state index contributed by atoms with van der Waals surface area (Å²) in [5.74, 6) is -0.966. The van der Waals surface area contributed by atoms with Crippen LogP contribution in [0.2, 0.25) is 25.7 Å². The summed E-state index contributed by atoms with van der Waals surface area (Å²) in [5.41, 5.74) is -1.62. The molecule has 0 spiro atoms. The Labute approximate surface area is 182 Å². The Morgan fingerprint density at radius 2 is 1.94 bits per heavy atom. The lowest BCUT2D eigenvalue weighted by atomic mass is 10.1. The molecule has 0 aliphatic heterocycles. The zero-order valence-electron chi connectivity index (χ0n) is 17.7. The monoisotopic (exact) mass is 470 g/mol. The minimum absolute atomic E-state index is 0.0256. The number of rotatable bonds is 8. The van der Waals surface area contributed by atoms with Gasteiger partial charge in [-0.1, -0.05) is 19.6 Å². The first-order chi connectivity index (χ1) is 14.9. The second-order valence-electron chi connectivity index (χ2n) is 8.46. The predicted molar refractivity (Wildman–Crippen MR) is 115 cm³/mol. The van der Waals surface area contributed by atoms with Gasteiger partial charge in [0.25, 0.3) is 5.69 Å². The second kappa shape index (κ2) is 8.86. The number of nitro groups is 1. The van der Waals surface area contributed by atoms with Crippen molar-refractivity contribution in [1.29, 1.82) is 0 Å². The first-order valence-corrected chi connectivity index (χ1v) is 13.4. The lowest BCUT2D eigenvalue weighted by Gasteiger charge is -2.15. The molecule has 7 nitrogen and oxygen atoms in total. The Kier molecular flexibility index (Phi) is 6.55. The van der Waals surface area contributed by atoms with E-state index in [0.29, 0.717) is 12.7 Å². The van der Waals surface area contributed by atoms with E-state index in [4.69, 9.17) is 4.74 Å². The summed E-state index contributed by atoms with van der Waals surface area (Å²) in [5, 5.41) is 13.2. The normalized spacial score (nSPS) is 12.3. The molecule has 0 aliphatic carbocycles. The second-order valence-corrected chi connectivity index (χ2v) is 14.1. The van der Waals surface area contributed by atoms with Gasteiger partial charge in [-0.2, -0.15) is 13.2 Å². The fraction of sp³-hybridized carbons (Fsp3) is 0.350. The van der Waals surface area contributed by atoms with Crippen molar-refractivity contribution >= 4 is 36.2 Å². The number of ether oxygens (including phenoxy) is 1. The molecule has 0 amide bonds.